The molecule has 3 aromatic heterocycles. The lowest BCUT2D eigenvalue weighted by Gasteiger charge is -2.29. The van der Waals surface area contributed by atoms with Gasteiger partial charge in [-0.15, -0.1) is 0 Å². The molecular formula is C21H24ClN7O2. The van der Waals surface area contributed by atoms with E-state index in [2.05, 4.69) is 40.6 Å². The van der Waals surface area contributed by atoms with Crippen molar-refractivity contribution in [2.24, 2.45) is 5.92 Å². The molecule has 3 heterocycles. The minimum absolute atomic E-state index is 0.386. The highest BCUT2D eigenvalue weighted by atomic mass is 35.5. The highest BCUT2D eigenvalue weighted by Crippen LogP contribution is 2.27. The Hall–Kier alpha value is -3.20. The van der Waals surface area contributed by atoms with Gasteiger partial charge in [-0.25, -0.2) is 24.7 Å². The van der Waals surface area contributed by atoms with E-state index in [1.165, 1.54) is 7.11 Å². The minimum Gasteiger partial charge on any atom is -0.453 e. The van der Waals surface area contributed by atoms with Crippen molar-refractivity contribution in [1.82, 2.24) is 19.9 Å². The van der Waals surface area contributed by atoms with Gasteiger partial charge >= 0.3 is 6.09 Å². The van der Waals surface area contributed by atoms with Gasteiger partial charge in [0, 0.05) is 24.2 Å². The fourth-order valence-electron chi connectivity index (χ4n) is 3.70. The number of pyridine rings is 2. The van der Waals surface area contributed by atoms with E-state index in [1.807, 2.05) is 18.2 Å². The van der Waals surface area contributed by atoms with Crippen molar-refractivity contribution in [3.8, 4) is 0 Å². The molecule has 3 N–H and O–H groups in total. The topological polar surface area (TPSA) is 114 Å². The summed E-state index contributed by atoms with van der Waals surface area (Å²) in [4.78, 5) is 28.4. The van der Waals surface area contributed by atoms with E-state index >= 15 is 0 Å². The van der Waals surface area contributed by atoms with Gasteiger partial charge in [-0.3, -0.25) is 5.32 Å². The van der Waals surface area contributed by atoms with E-state index in [0.29, 0.717) is 28.7 Å². The standard InChI is InChI=1S/C21H24ClN7O2/c1-31-21(30)28-16-11-25-20(26-12-16)24-10-13-2-5-15(6-3-13)27-17-7-4-14-8-9-23-19(22)18(14)29-17/h4,7-9,11-13,15H,2-3,5-6,10H2,1H3,(H,27,29)(H,28,30)(H,24,25,26). The molecule has 0 aliphatic heterocycles. The van der Waals surface area contributed by atoms with Gasteiger partial charge in [-0.05, 0) is 49.8 Å². The summed E-state index contributed by atoms with van der Waals surface area (Å²) in [6.07, 6.45) is 8.56. The molecule has 4 rings (SSSR count). The maximum absolute atomic E-state index is 11.2. The van der Waals surface area contributed by atoms with Crippen molar-refractivity contribution in [2.45, 2.75) is 31.7 Å². The number of nitrogens with zero attached hydrogens (tertiary/aromatic N) is 4. The van der Waals surface area contributed by atoms with E-state index in [4.69, 9.17) is 11.6 Å². The fraction of sp³-hybridized carbons (Fsp3) is 0.381. The van der Waals surface area contributed by atoms with E-state index in [0.717, 1.165) is 48.9 Å². The van der Waals surface area contributed by atoms with Crippen molar-refractivity contribution in [1.29, 1.82) is 0 Å². The van der Waals surface area contributed by atoms with Gasteiger partial charge in [0.2, 0.25) is 5.95 Å². The summed E-state index contributed by atoms with van der Waals surface area (Å²) in [7, 11) is 1.31. The highest BCUT2D eigenvalue weighted by molar-refractivity contribution is 6.33. The zero-order chi connectivity index (χ0) is 21.6. The molecule has 0 spiro atoms. The smallest absolute Gasteiger partial charge is 0.411 e. The van der Waals surface area contributed by atoms with Crippen LogP contribution >= 0.6 is 11.6 Å². The van der Waals surface area contributed by atoms with Gasteiger partial charge in [0.25, 0.3) is 0 Å². The predicted octanol–water partition coefficient (Wildman–Crippen LogP) is 4.33. The van der Waals surface area contributed by atoms with Crippen molar-refractivity contribution < 1.29 is 9.53 Å². The third-order valence-corrected chi connectivity index (χ3v) is 5.67. The molecule has 0 saturated heterocycles. The fourth-order valence-corrected chi connectivity index (χ4v) is 3.91. The summed E-state index contributed by atoms with van der Waals surface area (Å²) in [5, 5.41) is 10.7. The number of methoxy groups -OCH3 is 1. The van der Waals surface area contributed by atoms with Crippen molar-refractivity contribution in [3.63, 3.8) is 0 Å². The van der Waals surface area contributed by atoms with Crippen LogP contribution in [-0.2, 0) is 4.74 Å². The number of amides is 1. The number of hydrogen-bond donors (Lipinski definition) is 3. The van der Waals surface area contributed by atoms with Gasteiger partial charge in [0.05, 0.1) is 25.2 Å². The number of nitrogens with one attached hydrogen (secondary N) is 3. The number of ether oxygens (including phenoxy) is 1. The van der Waals surface area contributed by atoms with Crippen LogP contribution < -0.4 is 16.0 Å². The molecule has 1 amide bonds. The second-order valence-corrected chi connectivity index (χ2v) is 7.88. The first-order valence-electron chi connectivity index (χ1n) is 10.2. The lowest BCUT2D eigenvalue weighted by molar-refractivity contribution is 0.187. The number of anilines is 3. The molecule has 10 heteroatoms. The zero-order valence-corrected chi connectivity index (χ0v) is 17.9. The van der Waals surface area contributed by atoms with Crippen molar-refractivity contribution in [3.05, 3.63) is 41.9 Å². The second-order valence-electron chi connectivity index (χ2n) is 7.52. The molecule has 0 radical (unpaired) electrons. The van der Waals surface area contributed by atoms with Gasteiger partial charge in [-0.2, -0.15) is 0 Å². The molecule has 0 atom stereocenters. The molecular weight excluding hydrogens is 418 g/mol. The number of fused-ring (bicyclic) bond motifs is 1. The summed E-state index contributed by atoms with van der Waals surface area (Å²) >= 11 is 6.17. The van der Waals surface area contributed by atoms with Crippen LogP contribution in [0, 0.1) is 5.92 Å². The predicted molar refractivity (Wildman–Crippen MR) is 120 cm³/mol. The Balaban J connectivity index is 1.24. The first-order valence-corrected chi connectivity index (χ1v) is 10.6. The Morgan fingerprint density at radius 1 is 1.13 bits per heavy atom. The molecule has 1 aliphatic carbocycles. The zero-order valence-electron chi connectivity index (χ0n) is 17.1. The maximum Gasteiger partial charge on any atom is 0.411 e. The van der Waals surface area contributed by atoms with Crippen LogP contribution in [0.1, 0.15) is 25.7 Å². The molecule has 1 aliphatic rings. The number of hydrogen-bond acceptors (Lipinski definition) is 8. The SMILES string of the molecule is COC(=O)Nc1cnc(NCC2CCC(Nc3ccc4ccnc(Cl)c4n3)CC2)nc1. The van der Waals surface area contributed by atoms with Crippen LogP contribution in [0.25, 0.3) is 10.9 Å². The summed E-state index contributed by atoms with van der Waals surface area (Å²) in [5.74, 6) is 1.93. The summed E-state index contributed by atoms with van der Waals surface area (Å²) in [6, 6.07) is 6.29. The van der Waals surface area contributed by atoms with Crippen molar-refractivity contribution >= 4 is 46.1 Å². The lowest BCUT2D eigenvalue weighted by Crippen LogP contribution is -2.29. The number of halogens is 1. The molecule has 9 nitrogen and oxygen atoms in total. The maximum atomic E-state index is 11.2. The molecule has 1 fully saturated rings. The summed E-state index contributed by atoms with van der Waals surface area (Å²) in [6.45, 7) is 0.812. The van der Waals surface area contributed by atoms with E-state index < -0.39 is 6.09 Å². The second kappa shape index (κ2) is 9.74. The van der Waals surface area contributed by atoms with E-state index in [9.17, 15) is 4.79 Å². The molecule has 0 aromatic carbocycles. The third kappa shape index (κ3) is 5.49. The van der Waals surface area contributed by atoms with Gasteiger partial charge in [0.15, 0.2) is 5.15 Å². The Kier molecular flexibility index (Phi) is 6.61. The number of aromatic nitrogens is 4. The van der Waals surface area contributed by atoms with Crippen LogP contribution in [0.5, 0.6) is 0 Å². The highest BCUT2D eigenvalue weighted by Gasteiger charge is 2.21. The van der Waals surface area contributed by atoms with Crippen LogP contribution in [0.3, 0.4) is 0 Å². The average molecular weight is 442 g/mol. The molecule has 1 saturated carbocycles. The third-order valence-electron chi connectivity index (χ3n) is 5.40. The van der Waals surface area contributed by atoms with Gasteiger partial charge in [-0.1, -0.05) is 11.6 Å². The molecule has 0 bridgehead atoms. The molecule has 162 valence electrons. The molecule has 3 aromatic rings. The number of rotatable bonds is 6. The number of carbonyl (C=O) groups is 1. The summed E-state index contributed by atoms with van der Waals surface area (Å²) in [5.41, 5.74) is 1.21. The Morgan fingerprint density at radius 3 is 2.65 bits per heavy atom. The van der Waals surface area contributed by atoms with Gasteiger partial charge < -0.3 is 15.4 Å². The molecule has 31 heavy (non-hydrogen) atoms. The van der Waals surface area contributed by atoms with Crippen LogP contribution in [0.2, 0.25) is 5.15 Å². The minimum atomic E-state index is -0.548. The Labute approximate surface area is 185 Å². The van der Waals surface area contributed by atoms with Crippen LogP contribution in [0.4, 0.5) is 22.2 Å². The Morgan fingerprint density at radius 2 is 1.90 bits per heavy atom. The van der Waals surface area contributed by atoms with Crippen LogP contribution in [-0.4, -0.2) is 45.7 Å². The quantitative estimate of drug-likeness (QED) is 0.484. The lowest BCUT2D eigenvalue weighted by atomic mass is 9.86. The van der Waals surface area contributed by atoms with E-state index in [1.54, 1.807) is 18.6 Å². The summed E-state index contributed by atoms with van der Waals surface area (Å²) < 4.78 is 4.54. The largest absolute Gasteiger partial charge is 0.453 e. The normalized spacial score (nSPS) is 18.4. The van der Waals surface area contributed by atoms with Crippen LogP contribution in [0.15, 0.2) is 36.8 Å². The number of carbonyl (C=O) groups excluding carboxylic acids is 1. The first-order chi connectivity index (χ1) is 15.1. The first kappa shape index (κ1) is 21.0. The monoisotopic (exact) mass is 441 g/mol. The van der Waals surface area contributed by atoms with Gasteiger partial charge in [0.1, 0.15) is 11.3 Å². The Bertz CT molecular complexity index is 1040. The van der Waals surface area contributed by atoms with Crippen molar-refractivity contribution in [2.75, 3.05) is 29.6 Å². The van der Waals surface area contributed by atoms with E-state index in [-0.39, 0.29) is 0 Å². The molecule has 0 unspecified atom stereocenters. The average Bonchev–Trinajstić information content (AvgIpc) is 2.80.